The fraction of sp³-hybridized carbons (Fsp3) is 0.300. The summed E-state index contributed by atoms with van der Waals surface area (Å²) in [4.78, 5) is 23.5. The van der Waals surface area contributed by atoms with Crippen LogP contribution in [0.2, 0.25) is 0 Å². The number of carbonyl (C=O) groups is 2. The number of carboxylic acids is 2. The summed E-state index contributed by atoms with van der Waals surface area (Å²) in [6.07, 6.45) is 0. The number of rotatable bonds is 3. The van der Waals surface area contributed by atoms with Crippen LogP contribution in [-0.2, 0) is 5.41 Å². The van der Waals surface area contributed by atoms with E-state index in [2.05, 4.69) is 20.8 Å². The van der Waals surface area contributed by atoms with Gasteiger partial charge in [0.15, 0.2) is 0 Å². The van der Waals surface area contributed by atoms with Crippen LogP contribution in [0.4, 0.5) is 0 Å². The molecule has 2 aromatic rings. The third kappa shape index (κ3) is 2.21. The number of carboxylic acid groups (broad SMARTS) is 2. The zero-order valence-corrected chi connectivity index (χ0v) is 13.9. The molecule has 2 unspecified atom stereocenters. The number of aromatic carboxylic acids is 2. The van der Waals surface area contributed by atoms with Crippen LogP contribution in [0.15, 0.2) is 42.5 Å². The van der Waals surface area contributed by atoms with Crippen molar-refractivity contribution < 1.29 is 19.8 Å². The van der Waals surface area contributed by atoms with E-state index in [9.17, 15) is 19.8 Å². The first-order chi connectivity index (χ1) is 11.3. The average Bonchev–Trinajstić information content (AvgIpc) is 2.74. The maximum Gasteiger partial charge on any atom is 0.336 e. The molecular weight excluding hydrogens is 304 g/mol. The summed E-state index contributed by atoms with van der Waals surface area (Å²) in [6, 6.07) is 12.9. The maximum atomic E-state index is 11.9. The Kier molecular flexibility index (Phi) is 3.71. The SMILES string of the molecule is CC1C(c2ccccc2)c2c(ccc(C(=O)O)c2C(=O)O)C1(C)C. The van der Waals surface area contributed by atoms with E-state index in [0.29, 0.717) is 5.56 Å². The molecule has 0 aromatic heterocycles. The minimum absolute atomic E-state index is 0.0775. The van der Waals surface area contributed by atoms with E-state index in [0.717, 1.165) is 11.1 Å². The Morgan fingerprint density at radius 3 is 2.12 bits per heavy atom. The van der Waals surface area contributed by atoms with Crippen LogP contribution < -0.4 is 0 Å². The Labute approximate surface area is 140 Å². The molecule has 0 radical (unpaired) electrons. The third-order valence-corrected chi connectivity index (χ3v) is 5.49. The standard InChI is InChI=1S/C20H20O4/c1-11-15(12-7-5-4-6-8-12)17-14(20(11,2)3)10-9-13(18(21)22)16(17)19(23)24/h4-11,15H,1-3H3,(H,21,22)(H,23,24). The molecular formula is C20H20O4. The van der Waals surface area contributed by atoms with Crippen LogP contribution in [0.1, 0.15) is 64.1 Å². The van der Waals surface area contributed by atoms with Gasteiger partial charge in [0, 0.05) is 5.92 Å². The highest BCUT2D eigenvalue weighted by atomic mass is 16.4. The minimum atomic E-state index is -1.21. The van der Waals surface area contributed by atoms with Crippen molar-refractivity contribution in [2.24, 2.45) is 5.92 Å². The van der Waals surface area contributed by atoms with E-state index < -0.39 is 11.9 Å². The van der Waals surface area contributed by atoms with Crippen molar-refractivity contribution in [3.05, 3.63) is 70.3 Å². The summed E-state index contributed by atoms with van der Waals surface area (Å²) in [6.45, 7) is 6.28. The lowest BCUT2D eigenvalue weighted by molar-refractivity contribution is 0.0650. The molecule has 2 aromatic carbocycles. The lowest BCUT2D eigenvalue weighted by Crippen LogP contribution is -2.23. The number of hydrogen-bond acceptors (Lipinski definition) is 2. The lowest BCUT2D eigenvalue weighted by Gasteiger charge is -2.28. The predicted octanol–water partition coefficient (Wildman–Crippen LogP) is 4.14. The summed E-state index contributed by atoms with van der Waals surface area (Å²) in [7, 11) is 0. The van der Waals surface area contributed by atoms with Gasteiger partial charge in [0.25, 0.3) is 0 Å². The van der Waals surface area contributed by atoms with Crippen LogP contribution in [0.5, 0.6) is 0 Å². The highest BCUT2D eigenvalue weighted by Gasteiger charge is 2.47. The molecule has 0 saturated carbocycles. The molecule has 0 spiro atoms. The van der Waals surface area contributed by atoms with E-state index in [1.807, 2.05) is 30.3 Å². The van der Waals surface area contributed by atoms with Gasteiger partial charge in [-0.1, -0.05) is 57.2 Å². The van der Waals surface area contributed by atoms with Gasteiger partial charge in [-0.15, -0.1) is 0 Å². The van der Waals surface area contributed by atoms with Gasteiger partial charge in [-0.2, -0.15) is 0 Å². The molecule has 0 amide bonds. The highest BCUT2D eigenvalue weighted by Crippen LogP contribution is 2.54. The topological polar surface area (TPSA) is 74.6 Å². The summed E-state index contributed by atoms with van der Waals surface area (Å²) in [5.41, 5.74) is 2.12. The first-order valence-electron chi connectivity index (χ1n) is 7.95. The molecule has 1 aliphatic carbocycles. The van der Waals surface area contributed by atoms with Gasteiger partial charge in [0.2, 0.25) is 0 Å². The number of hydrogen-bond donors (Lipinski definition) is 2. The molecule has 0 fully saturated rings. The van der Waals surface area contributed by atoms with E-state index in [4.69, 9.17) is 0 Å². The number of fused-ring (bicyclic) bond motifs is 1. The summed E-state index contributed by atoms with van der Waals surface area (Å²) >= 11 is 0. The van der Waals surface area contributed by atoms with Gasteiger partial charge < -0.3 is 10.2 Å². The second-order valence-electron chi connectivity index (χ2n) is 6.96. The van der Waals surface area contributed by atoms with E-state index in [-0.39, 0.29) is 28.4 Å². The van der Waals surface area contributed by atoms with Crippen molar-refractivity contribution in [1.82, 2.24) is 0 Å². The quantitative estimate of drug-likeness (QED) is 0.889. The van der Waals surface area contributed by atoms with Crippen molar-refractivity contribution in [2.75, 3.05) is 0 Å². The molecule has 0 saturated heterocycles. The van der Waals surface area contributed by atoms with Crippen LogP contribution in [0.3, 0.4) is 0 Å². The van der Waals surface area contributed by atoms with Crippen LogP contribution in [-0.4, -0.2) is 22.2 Å². The van der Waals surface area contributed by atoms with Gasteiger partial charge in [-0.05, 0) is 34.1 Å². The first-order valence-corrected chi connectivity index (χ1v) is 7.95. The molecule has 124 valence electrons. The second-order valence-corrected chi connectivity index (χ2v) is 6.96. The number of benzene rings is 2. The molecule has 3 rings (SSSR count). The molecule has 0 bridgehead atoms. The molecule has 1 aliphatic rings. The summed E-state index contributed by atoms with van der Waals surface area (Å²) < 4.78 is 0. The second kappa shape index (κ2) is 5.48. The Morgan fingerprint density at radius 2 is 1.58 bits per heavy atom. The molecule has 2 atom stereocenters. The van der Waals surface area contributed by atoms with Gasteiger partial charge >= 0.3 is 11.9 Å². The van der Waals surface area contributed by atoms with Crippen molar-refractivity contribution in [1.29, 1.82) is 0 Å². The smallest absolute Gasteiger partial charge is 0.336 e. The molecule has 0 heterocycles. The fourth-order valence-electron chi connectivity index (χ4n) is 3.94. The molecule has 4 nitrogen and oxygen atoms in total. The molecule has 4 heteroatoms. The van der Waals surface area contributed by atoms with Crippen molar-refractivity contribution >= 4 is 11.9 Å². The van der Waals surface area contributed by atoms with Gasteiger partial charge in [-0.3, -0.25) is 0 Å². The Balaban J connectivity index is 2.38. The summed E-state index contributed by atoms with van der Waals surface area (Å²) in [5, 5.41) is 19.2. The van der Waals surface area contributed by atoms with Gasteiger partial charge in [-0.25, -0.2) is 9.59 Å². The normalized spacial score (nSPS) is 21.3. The Morgan fingerprint density at radius 1 is 0.958 bits per heavy atom. The average molecular weight is 324 g/mol. The maximum absolute atomic E-state index is 11.9. The zero-order valence-electron chi connectivity index (χ0n) is 13.9. The monoisotopic (exact) mass is 324 g/mol. The highest BCUT2D eigenvalue weighted by molar-refractivity contribution is 6.03. The first kappa shape index (κ1) is 16.2. The van der Waals surface area contributed by atoms with Crippen LogP contribution >= 0.6 is 0 Å². The van der Waals surface area contributed by atoms with E-state index in [1.165, 1.54) is 6.07 Å². The van der Waals surface area contributed by atoms with Gasteiger partial charge in [0.1, 0.15) is 0 Å². The zero-order chi connectivity index (χ0) is 17.6. The van der Waals surface area contributed by atoms with Crippen molar-refractivity contribution in [3.63, 3.8) is 0 Å². The van der Waals surface area contributed by atoms with Gasteiger partial charge in [0.05, 0.1) is 11.1 Å². The third-order valence-electron chi connectivity index (χ3n) is 5.49. The fourth-order valence-corrected chi connectivity index (χ4v) is 3.94. The summed E-state index contributed by atoms with van der Waals surface area (Å²) in [5.74, 6) is -2.38. The van der Waals surface area contributed by atoms with Crippen LogP contribution in [0.25, 0.3) is 0 Å². The molecule has 0 aliphatic heterocycles. The van der Waals surface area contributed by atoms with Crippen molar-refractivity contribution in [3.8, 4) is 0 Å². The van der Waals surface area contributed by atoms with E-state index >= 15 is 0 Å². The Hall–Kier alpha value is -2.62. The van der Waals surface area contributed by atoms with Crippen molar-refractivity contribution in [2.45, 2.75) is 32.1 Å². The predicted molar refractivity (Wildman–Crippen MR) is 90.8 cm³/mol. The van der Waals surface area contributed by atoms with E-state index in [1.54, 1.807) is 6.07 Å². The minimum Gasteiger partial charge on any atom is -0.478 e. The largest absolute Gasteiger partial charge is 0.478 e. The molecule has 24 heavy (non-hydrogen) atoms. The lowest BCUT2D eigenvalue weighted by atomic mass is 9.75. The van der Waals surface area contributed by atoms with Crippen LogP contribution in [0, 0.1) is 5.92 Å². The molecule has 2 N–H and O–H groups in total. The Bertz CT molecular complexity index is 821.